The van der Waals surface area contributed by atoms with Crippen LogP contribution in [-0.4, -0.2) is 117 Å². The first-order valence-corrected chi connectivity index (χ1v) is 29.6. The number of methoxy groups -OCH3 is 2. The number of rotatable bonds is 14. The summed E-state index contributed by atoms with van der Waals surface area (Å²) >= 11 is 3.16. The largest absolute Gasteiger partial charge is 0.482 e. The lowest BCUT2D eigenvalue weighted by atomic mass is 10.1. The highest BCUT2D eigenvalue weighted by molar-refractivity contribution is 9.08. The fourth-order valence-electron chi connectivity index (χ4n) is 7.54. The van der Waals surface area contributed by atoms with Crippen LogP contribution in [0, 0.1) is 0 Å². The van der Waals surface area contributed by atoms with E-state index in [-0.39, 0.29) is 66.4 Å². The molecule has 452 valence electrons. The van der Waals surface area contributed by atoms with Gasteiger partial charge in [0.2, 0.25) is 29.5 Å². The van der Waals surface area contributed by atoms with E-state index in [1.54, 1.807) is 18.2 Å². The molecule has 3 aliphatic rings. The summed E-state index contributed by atoms with van der Waals surface area (Å²) in [6.45, 7) is -0.410. The van der Waals surface area contributed by atoms with Gasteiger partial charge in [-0.15, -0.1) is 0 Å². The van der Waals surface area contributed by atoms with Crippen molar-refractivity contribution in [3.63, 3.8) is 0 Å². The molecular formula is C53H45BrF6N4O18S3. The number of sulfone groups is 3. The van der Waals surface area contributed by atoms with Gasteiger partial charge in [-0.1, -0.05) is 52.3 Å². The van der Waals surface area contributed by atoms with Crippen molar-refractivity contribution in [3.05, 3.63) is 161 Å². The van der Waals surface area contributed by atoms with E-state index in [4.69, 9.17) is 19.4 Å². The number of halogens is 7. The molecule has 0 spiro atoms. The molecular weight excluding hydrogens is 1270 g/mol. The lowest BCUT2D eigenvalue weighted by Crippen LogP contribution is -2.38. The Kier molecular flexibility index (Phi) is 21.8. The molecule has 85 heavy (non-hydrogen) atoms. The second-order valence-corrected chi connectivity index (χ2v) is 23.7. The molecule has 9 rings (SSSR count). The number of hydroxylamine groups is 1. The standard InChI is InChI=1S/C18H15F2NO6S.C17H14F2N2O6S.C10H9NO4.C8H7BrF2O2S/c1-26-17(23)12-4-7-15-14(8-12)21(16(22)10-27-15)9-11-2-5-13(6-3-11)28(24,25)18(19)20;18-17(19)28(25,26)12-4-1-10(2-5-12)8-21-13-7-11(16(23)20-24)3-6-14(13)27-9-15(21)22;1-14-10(13)6-2-3-8-7(4-6)11-9(12)5-15-8;9-5-6-1-3-7(4-2-6)14(12,13)8(10)11/h2-8,18H,9-10H2,1H3;1-7,17,24H,8-9H2,(H,20,23);2-4H,5H2,1H3,(H,11,12);1-4,8H,5H2. The summed E-state index contributed by atoms with van der Waals surface area (Å²) < 4.78 is 168. The van der Waals surface area contributed by atoms with Gasteiger partial charge in [0.05, 0.1) is 70.2 Å². The third-order valence-electron chi connectivity index (χ3n) is 11.9. The highest BCUT2D eigenvalue weighted by Gasteiger charge is 2.32. The zero-order valence-electron chi connectivity index (χ0n) is 43.8. The second kappa shape index (κ2) is 28.3. The quantitative estimate of drug-likeness (QED) is 0.0312. The van der Waals surface area contributed by atoms with Crippen LogP contribution in [0.3, 0.4) is 0 Å². The van der Waals surface area contributed by atoms with Crippen LogP contribution in [0.1, 0.15) is 47.8 Å². The maximum absolute atomic E-state index is 12.6. The van der Waals surface area contributed by atoms with Crippen LogP contribution < -0.4 is 34.8 Å². The van der Waals surface area contributed by atoms with E-state index in [1.165, 1.54) is 114 Å². The van der Waals surface area contributed by atoms with Gasteiger partial charge in [0.15, 0.2) is 19.8 Å². The molecule has 0 saturated carbocycles. The van der Waals surface area contributed by atoms with Crippen molar-refractivity contribution in [2.24, 2.45) is 0 Å². The number of nitrogens with zero attached hydrogens (tertiary/aromatic N) is 2. The van der Waals surface area contributed by atoms with Crippen LogP contribution in [0.15, 0.2) is 142 Å². The van der Waals surface area contributed by atoms with E-state index in [0.717, 1.165) is 29.8 Å². The average Bonchev–Trinajstić information content (AvgIpc) is 3.68. The van der Waals surface area contributed by atoms with Gasteiger partial charge in [-0.25, -0.2) is 40.3 Å². The summed E-state index contributed by atoms with van der Waals surface area (Å²) in [5, 5.41) is 11.9. The molecule has 0 radical (unpaired) electrons. The van der Waals surface area contributed by atoms with Gasteiger partial charge in [-0.05, 0) is 108 Å². The van der Waals surface area contributed by atoms with Crippen LogP contribution in [0.5, 0.6) is 17.2 Å². The van der Waals surface area contributed by atoms with Crippen LogP contribution >= 0.6 is 15.9 Å². The Morgan fingerprint density at radius 1 is 0.541 bits per heavy atom. The van der Waals surface area contributed by atoms with E-state index < -0.39 is 80.3 Å². The van der Waals surface area contributed by atoms with Gasteiger partial charge < -0.3 is 38.8 Å². The first kappa shape index (κ1) is 65.6. The van der Waals surface area contributed by atoms with Gasteiger partial charge in [-0.2, -0.15) is 26.3 Å². The monoisotopic (exact) mass is 1310 g/mol. The molecule has 3 heterocycles. The van der Waals surface area contributed by atoms with E-state index in [2.05, 4.69) is 30.7 Å². The number of anilines is 3. The highest BCUT2D eigenvalue weighted by atomic mass is 79.9. The van der Waals surface area contributed by atoms with Crippen molar-refractivity contribution in [3.8, 4) is 17.2 Å². The number of ether oxygens (including phenoxy) is 5. The fraction of sp³-hybridized carbons (Fsp3) is 0.208. The first-order valence-electron chi connectivity index (χ1n) is 23.9. The number of amides is 4. The molecule has 0 atom stereocenters. The number of benzene rings is 6. The first-order chi connectivity index (χ1) is 40.2. The number of hydrogen-bond donors (Lipinski definition) is 3. The van der Waals surface area contributed by atoms with Crippen molar-refractivity contribution in [2.45, 2.75) is 50.4 Å². The number of fused-ring (bicyclic) bond motifs is 3. The minimum absolute atomic E-state index is 0.00453. The Labute approximate surface area is 488 Å². The van der Waals surface area contributed by atoms with Gasteiger partial charge in [0, 0.05) is 10.9 Å². The summed E-state index contributed by atoms with van der Waals surface area (Å²) in [5.74, 6) is -11.9. The normalized spacial score (nSPS) is 13.5. The van der Waals surface area contributed by atoms with Gasteiger partial charge in [0.25, 0.3) is 23.6 Å². The molecule has 0 aromatic heterocycles. The van der Waals surface area contributed by atoms with Crippen LogP contribution in [0.4, 0.5) is 43.4 Å². The number of esters is 2. The van der Waals surface area contributed by atoms with Crippen LogP contribution in [0.25, 0.3) is 0 Å². The number of carbonyl (C=O) groups is 6. The maximum Gasteiger partial charge on any atom is 0.341 e. The van der Waals surface area contributed by atoms with Crippen molar-refractivity contribution < 1.29 is 109 Å². The van der Waals surface area contributed by atoms with Gasteiger partial charge in [-0.3, -0.25) is 24.4 Å². The van der Waals surface area contributed by atoms with E-state index >= 15 is 0 Å². The Morgan fingerprint density at radius 3 is 1.27 bits per heavy atom. The van der Waals surface area contributed by atoms with Crippen molar-refractivity contribution in [1.82, 2.24) is 5.48 Å². The smallest absolute Gasteiger partial charge is 0.341 e. The minimum Gasteiger partial charge on any atom is -0.482 e. The average molecular weight is 1320 g/mol. The van der Waals surface area contributed by atoms with Crippen molar-refractivity contribution in [1.29, 1.82) is 0 Å². The summed E-state index contributed by atoms with van der Waals surface area (Å²) in [6.07, 6.45) is 0. The lowest BCUT2D eigenvalue weighted by Gasteiger charge is -2.29. The Balaban J connectivity index is 0.000000190. The molecule has 0 aliphatic carbocycles. The molecule has 32 heteroatoms. The number of nitrogens with one attached hydrogen (secondary N) is 2. The number of carbonyl (C=O) groups excluding carboxylic acids is 6. The molecule has 0 saturated heterocycles. The minimum atomic E-state index is -4.71. The zero-order chi connectivity index (χ0) is 62.6. The van der Waals surface area contributed by atoms with Crippen molar-refractivity contribution >= 4 is 98.1 Å². The number of hydrogen-bond acceptors (Lipinski definition) is 18. The predicted molar refractivity (Wildman–Crippen MR) is 290 cm³/mol. The Bertz CT molecular complexity index is 3660. The molecule has 0 unspecified atom stereocenters. The van der Waals surface area contributed by atoms with E-state index in [0.29, 0.717) is 50.6 Å². The summed E-state index contributed by atoms with van der Waals surface area (Å²) in [4.78, 5) is 71.5. The van der Waals surface area contributed by atoms with Gasteiger partial charge in [0.1, 0.15) is 17.2 Å². The third-order valence-corrected chi connectivity index (χ3v) is 16.8. The molecule has 3 aliphatic heterocycles. The molecule has 4 amide bonds. The highest BCUT2D eigenvalue weighted by Crippen LogP contribution is 2.36. The topological polar surface area (TPSA) is 302 Å². The molecule has 0 bridgehead atoms. The second-order valence-electron chi connectivity index (χ2n) is 17.4. The molecule has 3 N–H and O–H groups in total. The van der Waals surface area contributed by atoms with Crippen LogP contribution in [-0.2, 0) is 71.8 Å². The van der Waals surface area contributed by atoms with Crippen LogP contribution in [0.2, 0.25) is 0 Å². The fourth-order valence-corrected chi connectivity index (χ4v) is 10.1. The zero-order valence-corrected chi connectivity index (χ0v) is 47.8. The Hall–Kier alpha value is -8.59. The predicted octanol–water partition coefficient (Wildman–Crippen LogP) is 7.50. The van der Waals surface area contributed by atoms with Crippen molar-refractivity contribution in [2.75, 3.05) is 49.2 Å². The summed E-state index contributed by atoms with van der Waals surface area (Å²) in [5.41, 5.74) is 5.13. The summed E-state index contributed by atoms with van der Waals surface area (Å²) in [6, 6.07) is 28.3. The maximum atomic E-state index is 12.6. The molecule has 22 nitrogen and oxygen atoms in total. The third kappa shape index (κ3) is 16.0. The van der Waals surface area contributed by atoms with E-state index in [1.807, 2.05) is 0 Å². The molecule has 6 aromatic carbocycles. The Morgan fingerprint density at radius 2 is 0.894 bits per heavy atom. The molecule has 0 fully saturated rings. The lowest BCUT2D eigenvalue weighted by molar-refractivity contribution is -0.122. The SMILES string of the molecule is COC(=O)c1ccc2c(c1)N(Cc1ccc(S(=O)(=O)C(F)F)cc1)C(=O)CO2.COC(=O)c1ccc2c(c1)NC(=O)CO2.O=C(NO)c1ccc2c(c1)N(Cc1ccc(S(=O)(=O)C(F)F)cc1)C(=O)CO2.O=S(=O)(c1ccc(CBr)cc1)C(F)F. The number of alkyl halides is 7. The van der Waals surface area contributed by atoms with Gasteiger partial charge >= 0.3 is 29.2 Å². The molecule has 6 aromatic rings. The van der Waals surface area contributed by atoms with E-state index in [9.17, 15) is 80.4 Å². The summed E-state index contributed by atoms with van der Waals surface area (Å²) in [7, 11) is -11.3.